The number of hydrogen-bond acceptors (Lipinski definition) is 5. The van der Waals surface area contributed by atoms with Gasteiger partial charge in [-0.15, -0.1) is 10.2 Å². The molecule has 0 bridgehead atoms. The van der Waals surface area contributed by atoms with Crippen LogP contribution in [0.1, 0.15) is 41.8 Å². The molecule has 212 valence electrons. The van der Waals surface area contributed by atoms with Crippen molar-refractivity contribution >= 4 is 23.7 Å². The Labute approximate surface area is 248 Å². The largest absolute Gasteiger partial charge is 0.340 e. The van der Waals surface area contributed by atoms with Gasteiger partial charge in [0.15, 0.2) is 5.16 Å². The van der Waals surface area contributed by atoms with Crippen LogP contribution in [0.2, 0.25) is 0 Å². The Kier molecular flexibility index (Phi) is 10.4. The van der Waals surface area contributed by atoms with Crippen molar-refractivity contribution in [2.45, 2.75) is 37.8 Å². The highest BCUT2D eigenvalue weighted by Gasteiger charge is 2.20. The Hall–Kier alpha value is -3.68. The average Bonchev–Trinajstić information content (AvgIpc) is 3.40. The van der Waals surface area contributed by atoms with Crippen molar-refractivity contribution in [1.29, 1.82) is 0 Å². The number of carbonyl (C=O) groups excluding carboxylic acids is 1. The quantitative estimate of drug-likeness (QED) is 0.149. The second kappa shape index (κ2) is 14.8. The van der Waals surface area contributed by atoms with E-state index in [0.29, 0.717) is 6.42 Å². The van der Waals surface area contributed by atoms with Gasteiger partial charge in [0, 0.05) is 51.3 Å². The van der Waals surface area contributed by atoms with Gasteiger partial charge in [-0.25, -0.2) is 0 Å². The van der Waals surface area contributed by atoms with Crippen molar-refractivity contribution in [2.75, 3.05) is 38.5 Å². The molecule has 2 heterocycles. The second-order valence-electron chi connectivity index (χ2n) is 10.5. The number of carbonyl (C=O) groups is 1. The zero-order valence-electron chi connectivity index (χ0n) is 23.9. The third kappa shape index (κ3) is 8.18. The van der Waals surface area contributed by atoms with Crippen LogP contribution >= 0.6 is 11.8 Å². The van der Waals surface area contributed by atoms with Crippen LogP contribution in [0.4, 0.5) is 0 Å². The minimum atomic E-state index is 0.280. The van der Waals surface area contributed by atoms with Crippen LogP contribution in [-0.4, -0.2) is 68.9 Å². The fourth-order valence-corrected chi connectivity index (χ4v) is 6.09. The number of rotatable bonds is 12. The highest BCUT2D eigenvalue weighted by Crippen LogP contribution is 2.26. The summed E-state index contributed by atoms with van der Waals surface area (Å²) in [7, 11) is 0. The molecule has 0 spiro atoms. The van der Waals surface area contributed by atoms with Crippen molar-refractivity contribution in [3.05, 3.63) is 114 Å². The fraction of sp³-hybridized carbons (Fsp3) is 0.324. The molecule has 5 rings (SSSR count). The second-order valence-corrected chi connectivity index (χ2v) is 11.5. The first-order chi connectivity index (χ1) is 20.2. The Balaban J connectivity index is 1.07. The molecule has 1 fully saturated rings. The molecular weight excluding hydrogens is 526 g/mol. The van der Waals surface area contributed by atoms with Gasteiger partial charge < -0.3 is 4.90 Å². The molecular formula is C34H39N5OS. The molecule has 7 heteroatoms. The van der Waals surface area contributed by atoms with Crippen molar-refractivity contribution in [1.82, 2.24) is 24.6 Å². The van der Waals surface area contributed by atoms with Crippen LogP contribution in [-0.2, 0) is 11.2 Å². The number of para-hydroxylation sites is 1. The summed E-state index contributed by atoms with van der Waals surface area (Å²) >= 11 is 1.73. The van der Waals surface area contributed by atoms with E-state index in [-0.39, 0.29) is 5.91 Å². The maximum Gasteiger partial charge on any atom is 0.222 e. The van der Waals surface area contributed by atoms with Gasteiger partial charge in [-0.1, -0.05) is 103 Å². The Morgan fingerprint density at radius 2 is 1.56 bits per heavy atom. The van der Waals surface area contributed by atoms with Crippen LogP contribution in [0.25, 0.3) is 11.8 Å². The van der Waals surface area contributed by atoms with Crippen molar-refractivity contribution in [3.8, 4) is 5.69 Å². The molecule has 6 nitrogen and oxygen atoms in total. The predicted molar refractivity (Wildman–Crippen MR) is 168 cm³/mol. The lowest BCUT2D eigenvalue weighted by Crippen LogP contribution is -2.48. The van der Waals surface area contributed by atoms with E-state index >= 15 is 0 Å². The monoisotopic (exact) mass is 565 g/mol. The first-order valence-corrected chi connectivity index (χ1v) is 15.5. The molecule has 0 radical (unpaired) electrons. The fourth-order valence-electron chi connectivity index (χ4n) is 5.12. The van der Waals surface area contributed by atoms with Gasteiger partial charge in [-0.2, -0.15) is 0 Å². The summed E-state index contributed by atoms with van der Waals surface area (Å²) in [6.45, 7) is 6.55. The molecule has 0 unspecified atom stereocenters. The molecule has 1 aliphatic heterocycles. The molecule has 0 atom stereocenters. The summed E-state index contributed by atoms with van der Waals surface area (Å²) in [6, 6.07) is 29.2. The summed E-state index contributed by atoms with van der Waals surface area (Å²) in [6.07, 6.45) is 7.58. The maximum absolute atomic E-state index is 12.9. The number of nitrogens with zero attached hydrogens (tertiary/aromatic N) is 5. The summed E-state index contributed by atoms with van der Waals surface area (Å²) in [5.74, 6) is 2.13. The van der Waals surface area contributed by atoms with E-state index < -0.39 is 0 Å². The zero-order valence-corrected chi connectivity index (χ0v) is 24.7. The third-order valence-electron chi connectivity index (χ3n) is 7.48. The van der Waals surface area contributed by atoms with Crippen LogP contribution in [0.15, 0.2) is 96.2 Å². The van der Waals surface area contributed by atoms with Gasteiger partial charge in [-0.3, -0.25) is 14.3 Å². The van der Waals surface area contributed by atoms with E-state index in [1.54, 1.807) is 11.8 Å². The van der Waals surface area contributed by atoms with Crippen molar-refractivity contribution in [2.24, 2.45) is 0 Å². The Morgan fingerprint density at radius 1 is 0.854 bits per heavy atom. The predicted octanol–water partition coefficient (Wildman–Crippen LogP) is 6.29. The SMILES string of the molecule is Cc1ccccc1-n1c(Cc2ccccc2)nnc1SCCCCC(=O)N1CCN(CC=Cc2ccccc2)CC1. The normalized spacial score (nSPS) is 14.1. The van der Waals surface area contributed by atoms with Crippen molar-refractivity contribution in [3.63, 3.8) is 0 Å². The first kappa shape index (κ1) is 28.8. The van der Waals surface area contributed by atoms with E-state index in [1.807, 2.05) is 17.0 Å². The van der Waals surface area contributed by atoms with E-state index in [0.717, 1.165) is 74.4 Å². The third-order valence-corrected chi connectivity index (χ3v) is 8.49. The summed E-state index contributed by atoms with van der Waals surface area (Å²) < 4.78 is 2.20. The maximum atomic E-state index is 12.9. The molecule has 4 aromatic rings. The minimum absolute atomic E-state index is 0.280. The number of aryl methyl sites for hydroxylation is 1. The van der Waals surface area contributed by atoms with Crippen LogP contribution in [0.5, 0.6) is 0 Å². The van der Waals surface area contributed by atoms with Gasteiger partial charge in [0.2, 0.25) is 5.91 Å². The number of hydrogen-bond donors (Lipinski definition) is 0. The minimum Gasteiger partial charge on any atom is -0.340 e. The van der Waals surface area contributed by atoms with Gasteiger partial charge in [0.1, 0.15) is 5.82 Å². The molecule has 0 N–H and O–H groups in total. The summed E-state index contributed by atoms with van der Waals surface area (Å²) in [4.78, 5) is 17.3. The standard InChI is InChI=1S/C34H39N5OS/c1-28-13-8-9-19-31(28)39-32(27-30-16-6-3-7-17-30)35-36-34(39)41-26-11-10-20-33(40)38-24-22-37(23-25-38)21-12-18-29-14-4-2-5-15-29/h2-9,12-19H,10-11,20-27H2,1H3. The van der Waals surface area contributed by atoms with Gasteiger partial charge in [0.05, 0.1) is 5.69 Å². The number of thioether (sulfide) groups is 1. The van der Waals surface area contributed by atoms with E-state index in [2.05, 4.69) is 112 Å². The van der Waals surface area contributed by atoms with Crippen LogP contribution in [0.3, 0.4) is 0 Å². The topological polar surface area (TPSA) is 54.3 Å². The van der Waals surface area contributed by atoms with Crippen molar-refractivity contribution < 1.29 is 4.79 Å². The summed E-state index contributed by atoms with van der Waals surface area (Å²) in [5, 5.41) is 10.1. The molecule has 1 saturated heterocycles. The average molecular weight is 566 g/mol. The van der Waals surface area contributed by atoms with E-state index in [9.17, 15) is 4.79 Å². The molecule has 3 aromatic carbocycles. The smallest absolute Gasteiger partial charge is 0.222 e. The lowest BCUT2D eigenvalue weighted by atomic mass is 10.1. The first-order valence-electron chi connectivity index (χ1n) is 14.6. The number of amides is 1. The van der Waals surface area contributed by atoms with Gasteiger partial charge in [0.25, 0.3) is 0 Å². The number of benzene rings is 3. The molecule has 0 saturated carbocycles. The van der Waals surface area contributed by atoms with Crippen LogP contribution < -0.4 is 0 Å². The molecule has 1 aromatic heterocycles. The number of unbranched alkanes of at least 4 members (excludes halogenated alkanes) is 1. The number of aromatic nitrogens is 3. The lowest BCUT2D eigenvalue weighted by Gasteiger charge is -2.34. The highest BCUT2D eigenvalue weighted by molar-refractivity contribution is 7.99. The van der Waals surface area contributed by atoms with Crippen LogP contribution in [0, 0.1) is 6.92 Å². The molecule has 1 amide bonds. The van der Waals surface area contributed by atoms with E-state index in [4.69, 9.17) is 0 Å². The highest BCUT2D eigenvalue weighted by atomic mass is 32.2. The van der Waals surface area contributed by atoms with Gasteiger partial charge in [-0.05, 0) is 42.5 Å². The van der Waals surface area contributed by atoms with E-state index in [1.165, 1.54) is 16.7 Å². The zero-order chi connectivity index (χ0) is 28.3. The molecule has 1 aliphatic rings. The molecule has 41 heavy (non-hydrogen) atoms. The molecule has 0 aliphatic carbocycles. The Bertz CT molecular complexity index is 1410. The lowest BCUT2D eigenvalue weighted by molar-refractivity contribution is -0.132. The Morgan fingerprint density at radius 3 is 2.32 bits per heavy atom. The van der Waals surface area contributed by atoms with Gasteiger partial charge >= 0.3 is 0 Å². The number of piperazine rings is 1. The summed E-state index contributed by atoms with van der Waals surface area (Å²) in [5.41, 5.74) is 4.76.